The van der Waals surface area contributed by atoms with Gasteiger partial charge in [0.1, 0.15) is 0 Å². The summed E-state index contributed by atoms with van der Waals surface area (Å²) in [5.74, 6) is -0.525. The van der Waals surface area contributed by atoms with Gasteiger partial charge in [0, 0.05) is 20.1 Å². The third-order valence-electron chi connectivity index (χ3n) is 3.99. The van der Waals surface area contributed by atoms with Crippen LogP contribution >= 0.6 is 0 Å². The van der Waals surface area contributed by atoms with E-state index in [-0.39, 0.29) is 29.6 Å². The van der Waals surface area contributed by atoms with Gasteiger partial charge in [-0.1, -0.05) is 36.8 Å². The molecule has 4 nitrogen and oxygen atoms in total. The molecule has 20 heavy (non-hydrogen) atoms. The lowest BCUT2D eigenvalue weighted by molar-refractivity contribution is -0.137. The molecule has 1 heterocycles. The second-order valence-electron chi connectivity index (χ2n) is 5.60. The minimum Gasteiger partial charge on any atom is -0.384 e. The lowest BCUT2D eigenvalue weighted by Gasteiger charge is -2.34. The van der Waals surface area contributed by atoms with Crippen LogP contribution in [0.4, 0.5) is 0 Å². The van der Waals surface area contributed by atoms with Gasteiger partial charge in [-0.05, 0) is 24.3 Å². The standard InChI is InChI=1S/C16H21NO3/c1-10-4-6-12(7-5-10)15-13(11(2)9-20-3)8-14(18)17-16(15)19/h4-7,11,13,15H,8-9H2,1-3H3,(H,17,18,19). The van der Waals surface area contributed by atoms with Gasteiger partial charge in [-0.15, -0.1) is 0 Å². The van der Waals surface area contributed by atoms with Crippen LogP contribution in [0.1, 0.15) is 30.4 Å². The molecule has 0 saturated carbocycles. The van der Waals surface area contributed by atoms with Gasteiger partial charge < -0.3 is 4.74 Å². The molecule has 1 aliphatic rings. The predicted molar refractivity (Wildman–Crippen MR) is 76.2 cm³/mol. The van der Waals surface area contributed by atoms with Gasteiger partial charge in [0.25, 0.3) is 0 Å². The van der Waals surface area contributed by atoms with E-state index < -0.39 is 0 Å². The molecular formula is C16H21NO3. The first-order valence-electron chi connectivity index (χ1n) is 6.92. The molecule has 1 aromatic carbocycles. The summed E-state index contributed by atoms with van der Waals surface area (Å²) in [5, 5.41) is 2.45. The Morgan fingerprint density at radius 3 is 2.55 bits per heavy atom. The van der Waals surface area contributed by atoms with E-state index >= 15 is 0 Å². The number of ether oxygens (including phenoxy) is 1. The Morgan fingerprint density at radius 2 is 1.95 bits per heavy atom. The van der Waals surface area contributed by atoms with Gasteiger partial charge in [-0.2, -0.15) is 0 Å². The van der Waals surface area contributed by atoms with Crippen LogP contribution in [0.2, 0.25) is 0 Å². The Bertz CT molecular complexity index is 495. The molecule has 1 fully saturated rings. The van der Waals surface area contributed by atoms with E-state index in [1.54, 1.807) is 7.11 Å². The summed E-state index contributed by atoms with van der Waals surface area (Å²) in [6, 6.07) is 7.94. The molecule has 108 valence electrons. The SMILES string of the molecule is COCC(C)C1CC(=O)NC(=O)C1c1ccc(C)cc1. The molecule has 0 aromatic heterocycles. The van der Waals surface area contributed by atoms with Crippen LogP contribution in [-0.4, -0.2) is 25.5 Å². The van der Waals surface area contributed by atoms with E-state index in [1.165, 1.54) is 0 Å². The van der Waals surface area contributed by atoms with Gasteiger partial charge in [0.05, 0.1) is 5.92 Å². The molecule has 0 aliphatic carbocycles. The van der Waals surface area contributed by atoms with Gasteiger partial charge in [0.2, 0.25) is 11.8 Å². The summed E-state index contributed by atoms with van der Waals surface area (Å²) < 4.78 is 5.19. The van der Waals surface area contributed by atoms with E-state index in [0.717, 1.165) is 11.1 Å². The zero-order chi connectivity index (χ0) is 14.7. The van der Waals surface area contributed by atoms with E-state index in [4.69, 9.17) is 4.74 Å². The van der Waals surface area contributed by atoms with Crippen LogP contribution in [0.5, 0.6) is 0 Å². The normalized spacial score (nSPS) is 24.4. The third-order valence-corrected chi connectivity index (χ3v) is 3.99. The number of methoxy groups -OCH3 is 1. The summed E-state index contributed by atoms with van der Waals surface area (Å²) in [4.78, 5) is 23.9. The number of benzene rings is 1. The molecule has 0 spiro atoms. The van der Waals surface area contributed by atoms with E-state index in [0.29, 0.717) is 13.0 Å². The monoisotopic (exact) mass is 275 g/mol. The molecule has 1 aliphatic heterocycles. The minimum atomic E-state index is -0.279. The molecule has 0 bridgehead atoms. The lowest BCUT2D eigenvalue weighted by atomic mass is 9.74. The van der Waals surface area contributed by atoms with E-state index in [9.17, 15) is 9.59 Å². The van der Waals surface area contributed by atoms with E-state index in [2.05, 4.69) is 5.32 Å². The molecule has 2 rings (SSSR count). The number of carbonyl (C=O) groups is 2. The number of carbonyl (C=O) groups excluding carboxylic acids is 2. The number of piperidine rings is 1. The molecule has 4 heteroatoms. The topological polar surface area (TPSA) is 55.4 Å². The van der Waals surface area contributed by atoms with Crippen LogP contribution in [0.25, 0.3) is 0 Å². The maximum Gasteiger partial charge on any atom is 0.234 e. The van der Waals surface area contributed by atoms with Crippen molar-refractivity contribution in [3.05, 3.63) is 35.4 Å². The molecule has 0 radical (unpaired) electrons. The van der Waals surface area contributed by atoms with E-state index in [1.807, 2.05) is 38.1 Å². The Balaban J connectivity index is 2.31. The van der Waals surface area contributed by atoms with Crippen LogP contribution < -0.4 is 5.32 Å². The first-order chi connectivity index (χ1) is 9.52. The number of aryl methyl sites for hydroxylation is 1. The first-order valence-corrected chi connectivity index (χ1v) is 6.92. The van der Waals surface area contributed by atoms with Crippen molar-refractivity contribution in [2.75, 3.05) is 13.7 Å². The fourth-order valence-corrected chi connectivity index (χ4v) is 2.88. The van der Waals surface area contributed by atoms with Gasteiger partial charge in [0.15, 0.2) is 0 Å². The second kappa shape index (κ2) is 6.18. The number of amides is 2. The number of rotatable bonds is 4. The highest BCUT2D eigenvalue weighted by molar-refractivity contribution is 6.01. The van der Waals surface area contributed by atoms with Crippen molar-refractivity contribution in [1.29, 1.82) is 0 Å². The van der Waals surface area contributed by atoms with Crippen LogP contribution in [0, 0.1) is 18.8 Å². The Kier molecular flexibility index (Phi) is 4.55. The van der Waals surface area contributed by atoms with Crippen molar-refractivity contribution in [3.63, 3.8) is 0 Å². The van der Waals surface area contributed by atoms with Gasteiger partial charge in [-0.25, -0.2) is 0 Å². The highest BCUT2D eigenvalue weighted by atomic mass is 16.5. The molecular weight excluding hydrogens is 254 g/mol. The molecule has 1 saturated heterocycles. The van der Waals surface area contributed by atoms with Crippen molar-refractivity contribution in [2.45, 2.75) is 26.2 Å². The molecule has 2 amide bonds. The summed E-state index contributed by atoms with van der Waals surface area (Å²) in [6.07, 6.45) is 0.370. The fraction of sp³-hybridized carbons (Fsp3) is 0.500. The van der Waals surface area contributed by atoms with Crippen molar-refractivity contribution in [3.8, 4) is 0 Å². The number of nitrogens with one attached hydrogen (secondary N) is 1. The predicted octanol–water partition coefficient (Wildman–Crippen LogP) is 2.02. The fourth-order valence-electron chi connectivity index (χ4n) is 2.88. The van der Waals surface area contributed by atoms with Crippen molar-refractivity contribution in [1.82, 2.24) is 5.32 Å². The number of hydrogen-bond acceptors (Lipinski definition) is 3. The van der Waals surface area contributed by atoms with Gasteiger partial charge >= 0.3 is 0 Å². The van der Waals surface area contributed by atoms with Crippen molar-refractivity contribution >= 4 is 11.8 Å². The smallest absolute Gasteiger partial charge is 0.234 e. The lowest BCUT2D eigenvalue weighted by Crippen LogP contribution is -2.46. The zero-order valence-electron chi connectivity index (χ0n) is 12.2. The van der Waals surface area contributed by atoms with Gasteiger partial charge in [-0.3, -0.25) is 14.9 Å². The maximum atomic E-state index is 12.2. The Labute approximate surface area is 119 Å². The largest absolute Gasteiger partial charge is 0.384 e. The van der Waals surface area contributed by atoms with Crippen LogP contribution in [0.15, 0.2) is 24.3 Å². The first kappa shape index (κ1) is 14.7. The summed E-state index contributed by atoms with van der Waals surface area (Å²) in [5.41, 5.74) is 2.12. The number of hydrogen-bond donors (Lipinski definition) is 1. The summed E-state index contributed by atoms with van der Waals surface area (Å²) in [7, 11) is 1.64. The summed E-state index contributed by atoms with van der Waals surface area (Å²) >= 11 is 0. The highest BCUT2D eigenvalue weighted by Gasteiger charge is 2.39. The Hall–Kier alpha value is -1.68. The van der Waals surface area contributed by atoms with Crippen LogP contribution in [-0.2, 0) is 14.3 Å². The summed E-state index contributed by atoms with van der Waals surface area (Å²) in [6.45, 7) is 4.59. The third kappa shape index (κ3) is 3.07. The minimum absolute atomic E-state index is 0.0149. The van der Waals surface area contributed by atoms with Crippen molar-refractivity contribution < 1.29 is 14.3 Å². The Morgan fingerprint density at radius 1 is 1.30 bits per heavy atom. The van der Waals surface area contributed by atoms with Crippen molar-refractivity contribution in [2.24, 2.45) is 11.8 Å². The molecule has 3 atom stereocenters. The average Bonchev–Trinajstić information content (AvgIpc) is 2.39. The maximum absolute atomic E-state index is 12.2. The molecule has 1 aromatic rings. The second-order valence-corrected chi connectivity index (χ2v) is 5.60. The van der Waals surface area contributed by atoms with Crippen LogP contribution in [0.3, 0.4) is 0 Å². The molecule has 1 N–H and O–H groups in total. The quantitative estimate of drug-likeness (QED) is 0.855. The average molecular weight is 275 g/mol. The molecule has 3 unspecified atom stereocenters. The number of imide groups is 1. The zero-order valence-corrected chi connectivity index (χ0v) is 12.2. The highest BCUT2D eigenvalue weighted by Crippen LogP contribution is 2.36.